The van der Waals surface area contributed by atoms with E-state index in [2.05, 4.69) is 10.1 Å². The largest absolute Gasteiger partial charge is 0.482 e. The maximum atomic E-state index is 13.4. The molecule has 0 atom stereocenters. The molecule has 8 nitrogen and oxygen atoms in total. The minimum Gasteiger partial charge on any atom is -0.482 e. The van der Waals surface area contributed by atoms with Crippen molar-refractivity contribution < 1.29 is 27.2 Å². The minimum absolute atomic E-state index is 0.00431. The highest BCUT2D eigenvalue weighted by Crippen LogP contribution is 2.32. The second-order valence-electron chi connectivity index (χ2n) is 8.79. The van der Waals surface area contributed by atoms with Crippen molar-refractivity contribution in [3.8, 4) is 17.1 Å². The first-order valence-corrected chi connectivity index (χ1v) is 12.0. The number of aromatic nitrogens is 2. The Morgan fingerprint density at radius 1 is 0.976 bits per heavy atom. The molecule has 0 amide bonds. The van der Waals surface area contributed by atoms with Gasteiger partial charge in [0, 0.05) is 17.2 Å². The molecule has 5 rings (SSSR count). The first kappa shape index (κ1) is 27.2. The summed E-state index contributed by atoms with van der Waals surface area (Å²) in [6, 6.07) is 20.1. The van der Waals surface area contributed by atoms with Gasteiger partial charge in [-0.25, -0.2) is 9.37 Å². The Kier molecular flexibility index (Phi) is 7.30. The zero-order valence-electron chi connectivity index (χ0n) is 20.9. The molecule has 0 bridgehead atoms. The van der Waals surface area contributed by atoms with Crippen LogP contribution in [-0.4, -0.2) is 20.8 Å². The molecular weight excluding hydrogens is 544 g/mol. The molecule has 0 aliphatic carbocycles. The molecule has 0 aliphatic heterocycles. The highest BCUT2D eigenvalue weighted by Gasteiger charge is 2.31. The van der Waals surface area contributed by atoms with Gasteiger partial charge in [-0.05, 0) is 54.1 Å². The monoisotopic (exact) mass is 562 g/mol. The van der Waals surface area contributed by atoms with Gasteiger partial charge in [-0.2, -0.15) is 22.9 Å². The zero-order valence-corrected chi connectivity index (χ0v) is 20.9. The summed E-state index contributed by atoms with van der Waals surface area (Å²) in [7, 11) is 0. The molecule has 0 radical (unpaired) electrons. The van der Waals surface area contributed by atoms with Gasteiger partial charge in [-0.1, -0.05) is 36.4 Å². The summed E-state index contributed by atoms with van der Waals surface area (Å²) in [6.07, 6.45) is -3.47. The van der Waals surface area contributed by atoms with Crippen LogP contribution in [0.3, 0.4) is 0 Å². The van der Waals surface area contributed by atoms with Gasteiger partial charge in [0.25, 0.3) is 5.56 Å². The molecule has 0 saturated heterocycles. The van der Waals surface area contributed by atoms with Gasteiger partial charge in [-0.3, -0.25) is 14.9 Å². The van der Waals surface area contributed by atoms with E-state index in [0.717, 1.165) is 23.0 Å². The summed E-state index contributed by atoms with van der Waals surface area (Å²) in [4.78, 5) is 28.8. The van der Waals surface area contributed by atoms with Gasteiger partial charge in [0.15, 0.2) is 11.6 Å². The summed E-state index contributed by atoms with van der Waals surface area (Å²) in [6.45, 7) is -0.0486. The molecule has 0 unspecified atom stereocenters. The Morgan fingerprint density at radius 3 is 2.46 bits per heavy atom. The second kappa shape index (κ2) is 11.0. The molecule has 0 fully saturated rings. The van der Waals surface area contributed by atoms with E-state index < -0.39 is 33.7 Å². The summed E-state index contributed by atoms with van der Waals surface area (Å²) in [5.74, 6) is -0.629. The maximum absolute atomic E-state index is 13.4. The fraction of sp³-hybridized carbons (Fsp3) is 0.0690. The molecule has 1 aromatic heterocycles. The number of hydrogen-bond acceptors (Lipinski definition) is 6. The van der Waals surface area contributed by atoms with Crippen LogP contribution in [0.15, 0.2) is 101 Å². The van der Waals surface area contributed by atoms with Crippen LogP contribution in [0.25, 0.3) is 22.3 Å². The molecule has 5 aromatic rings. The van der Waals surface area contributed by atoms with Crippen molar-refractivity contribution in [2.24, 2.45) is 5.10 Å². The Hall–Kier alpha value is -5.39. The fourth-order valence-electron chi connectivity index (χ4n) is 4.00. The third-order valence-corrected chi connectivity index (χ3v) is 6.01. The number of nitro benzene ring substituents is 1. The van der Waals surface area contributed by atoms with Crippen molar-refractivity contribution >= 4 is 22.8 Å². The van der Waals surface area contributed by atoms with Gasteiger partial charge in [-0.15, -0.1) is 0 Å². The molecule has 41 heavy (non-hydrogen) atoms. The Bertz CT molecular complexity index is 1850. The van der Waals surface area contributed by atoms with Crippen LogP contribution < -0.4 is 10.3 Å². The van der Waals surface area contributed by atoms with Crippen molar-refractivity contribution in [1.82, 2.24) is 9.66 Å². The third kappa shape index (κ3) is 5.96. The number of alkyl halides is 3. The van der Waals surface area contributed by atoms with E-state index >= 15 is 0 Å². The smallest absolute Gasteiger partial charge is 0.416 e. The average Bonchev–Trinajstić information content (AvgIpc) is 2.96. The Labute approximate surface area is 228 Å². The first-order valence-electron chi connectivity index (χ1n) is 12.0. The predicted molar refractivity (Wildman–Crippen MR) is 143 cm³/mol. The van der Waals surface area contributed by atoms with Gasteiger partial charge in [0.05, 0.1) is 27.6 Å². The number of rotatable bonds is 7. The van der Waals surface area contributed by atoms with Crippen LogP contribution >= 0.6 is 0 Å². The summed E-state index contributed by atoms with van der Waals surface area (Å²) >= 11 is 0. The Balaban J connectivity index is 1.54. The van der Waals surface area contributed by atoms with Crippen LogP contribution in [0.2, 0.25) is 0 Å². The van der Waals surface area contributed by atoms with E-state index in [1.807, 2.05) is 0 Å². The van der Waals surface area contributed by atoms with E-state index in [0.29, 0.717) is 5.56 Å². The number of halogens is 4. The normalized spacial score (nSPS) is 11.7. The highest BCUT2D eigenvalue weighted by molar-refractivity contribution is 5.83. The number of nitrogens with zero attached hydrogens (tertiary/aromatic N) is 4. The zero-order chi connectivity index (χ0) is 29.1. The third-order valence-electron chi connectivity index (χ3n) is 6.01. The summed E-state index contributed by atoms with van der Waals surface area (Å²) in [5.41, 5.74) is -0.909. The van der Waals surface area contributed by atoms with E-state index in [-0.39, 0.29) is 40.2 Å². The van der Waals surface area contributed by atoms with Crippen LogP contribution in [0.5, 0.6) is 5.75 Å². The van der Waals surface area contributed by atoms with Crippen molar-refractivity contribution in [1.29, 1.82) is 0 Å². The Morgan fingerprint density at radius 2 is 1.73 bits per heavy atom. The van der Waals surface area contributed by atoms with E-state index in [9.17, 15) is 32.5 Å². The van der Waals surface area contributed by atoms with Gasteiger partial charge >= 0.3 is 11.9 Å². The van der Waals surface area contributed by atoms with Crippen LogP contribution in [-0.2, 0) is 12.8 Å². The lowest BCUT2D eigenvalue weighted by Gasteiger charge is -2.12. The first-order chi connectivity index (χ1) is 19.6. The lowest BCUT2D eigenvalue weighted by atomic mass is 10.1. The van der Waals surface area contributed by atoms with Crippen molar-refractivity contribution in [3.05, 3.63) is 134 Å². The highest BCUT2D eigenvalue weighted by atomic mass is 19.4. The number of hydrogen-bond donors (Lipinski definition) is 0. The van der Waals surface area contributed by atoms with Crippen LogP contribution in [0.1, 0.15) is 16.7 Å². The van der Waals surface area contributed by atoms with E-state index in [1.165, 1.54) is 60.7 Å². The topological polar surface area (TPSA) is 99.6 Å². The van der Waals surface area contributed by atoms with Crippen LogP contribution in [0, 0.1) is 15.9 Å². The number of nitro groups is 1. The lowest BCUT2D eigenvalue weighted by Crippen LogP contribution is -2.20. The van der Waals surface area contributed by atoms with E-state index in [1.54, 1.807) is 18.2 Å². The van der Waals surface area contributed by atoms with E-state index in [4.69, 9.17) is 4.74 Å². The second-order valence-corrected chi connectivity index (χ2v) is 8.79. The van der Waals surface area contributed by atoms with Gasteiger partial charge < -0.3 is 4.74 Å². The lowest BCUT2D eigenvalue weighted by molar-refractivity contribution is -0.385. The SMILES string of the molecule is O=c1c2ccccc2nc(-c2cccc(C(F)(F)F)c2)n1N=Cc1ccc(OCc2ccc(F)cc2)c([N+](=O)[O-])c1. The number of para-hydroxylation sites is 1. The maximum Gasteiger partial charge on any atom is 0.416 e. The standard InChI is InChI=1S/C29H18F4N4O4/c30-22-11-8-18(9-12-22)17-41-26-13-10-19(14-25(26)37(39)40)16-34-36-27(20-4-3-5-21(15-20)29(31,32)33)35-24-7-2-1-6-23(24)28(36)38/h1-16H,17H2. The minimum atomic E-state index is -4.62. The van der Waals surface area contributed by atoms with Crippen molar-refractivity contribution in [2.75, 3.05) is 0 Å². The molecule has 1 heterocycles. The molecule has 0 saturated carbocycles. The number of ether oxygens (including phenoxy) is 1. The quantitative estimate of drug-likeness (QED) is 0.0965. The fourth-order valence-corrected chi connectivity index (χ4v) is 4.00. The van der Waals surface area contributed by atoms with Crippen molar-refractivity contribution in [3.63, 3.8) is 0 Å². The number of benzene rings is 4. The molecule has 12 heteroatoms. The molecule has 0 aliphatic rings. The number of fused-ring (bicyclic) bond motifs is 1. The predicted octanol–water partition coefficient (Wildman–Crippen LogP) is 6.59. The van der Waals surface area contributed by atoms with Gasteiger partial charge in [0.1, 0.15) is 12.4 Å². The molecule has 206 valence electrons. The average molecular weight is 562 g/mol. The summed E-state index contributed by atoms with van der Waals surface area (Å²) < 4.78 is 59.7. The summed E-state index contributed by atoms with van der Waals surface area (Å²) in [5, 5.41) is 16.1. The van der Waals surface area contributed by atoms with Crippen LogP contribution in [0.4, 0.5) is 23.2 Å². The molecule has 4 aromatic carbocycles. The van der Waals surface area contributed by atoms with Crippen molar-refractivity contribution in [2.45, 2.75) is 12.8 Å². The molecular formula is C29H18F4N4O4. The molecule has 0 N–H and O–H groups in total. The van der Waals surface area contributed by atoms with Gasteiger partial charge in [0.2, 0.25) is 0 Å². The molecule has 0 spiro atoms.